The Labute approximate surface area is 121 Å². The van der Waals surface area contributed by atoms with E-state index < -0.39 is 0 Å². The molecule has 1 aromatic rings. The third-order valence-electron chi connectivity index (χ3n) is 4.64. The molecule has 0 aromatic heterocycles. The molecule has 3 rings (SSSR count). The predicted molar refractivity (Wildman–Crippen MR) is 81.9 cm³/mol. The summed E-state index contributed by atoms with van der Waals surface area (Å²) in [4.78, 5) is 14.4. The van der Waals surface area contributed by atoms with E-state index in [1.54, 1.807) is 0 Å². The summed E-state index contributed by atoms with van der Waals surface area (Å²) in [6.07, 6.45) is 6.36. The third-order valence-corrected chi connectivity index (χ3v) is 4.64. The lowest BCUT2D eigenvalue weighted by molar-refractivity contribution is -0.118. The molecule has 1 fully saturated rings. The van der Waals surface area contributed by atoms with Crippen molar-refractivity contribution in [1.29, 1.82) is 0 Å². The summed E-state index contributed by atoms with van der Waals surface area (Å²) in [5.41, 5.74) is 2.49. The first kappa shape index (κ1) is 13.6. The molecule has 1 N–H and O–H groups in total. The molecule has 108 valence electrons. The van der Waals surface area contributed by atoms with Crippen molar-refractivity contribution in [2.24, 2.45) is 5.92 Å². The van der Waals surface area contributed by atoms with Crippen LogP contribution in [0.4, 0.5) is 5.69 Å². The molecule has 1 amide bonds. The van der Waals surface area contributed by atoms with E-state index in [1.807, 2.05) is 4.90 Å². The van der Waals surface area contributed by atoms with Gasteiger partial charge in [0.1, 0.15) is 0 Å². The molecule has 0 bridgehead atoms. The highest BCUT2D eigenvalue weighted by molar-refractivity contribution is 5.94. The first-order valence-corrected chi connectivity index (χ1v) is 7.93. The first-order chi connectivity index (χ1) is 9.84. The van der Waals surface area contributed by atoms with Gasteiger partial charge in [0, 0.05) is 18.7 Å². The van der Waals surface area contributed by atoms with Crippen molar-refractivity contribution in [2.75, 3.05) is 24.5 Å². The number of aryl methyl sites for hydroxylation is 1. The molecule has 1 aromatic carbocycles. The van der Waals surface area contributed by atoms with Gasteiger partial charge < -0.3 is 10.2 Å². The van der Waals surface area contributed by atoms with Crippen molar-refractivity contribution in [3.05, 3.63) is 29.8 Å². The number of benzene rings is 1. The van der Waals surface area contributed by atoms with Crippen LogP contribution in [0.5, 0.6) is 0 Å². The predicted octanol–water partition coefficient (Wildman–Crippen LogP) is 2.75. The lowest BCUT2D eigenvalue weighted by atomic mass is 9.94. The Bertz CT molecular complexity index is 466. The Hall–Kier alpha value is -1.35. The van der Waals surface area contributed by atoms with Crippen LogP contribution in [0.25, 0.3) is 0 Å². The minimum Gasteiger partial charge on any atom is -0.317 e. The van der Waals surface area contributed by atoms with Crippen LogP contribution >= 0.6 is 0 Å². The summed E-state index contributed by atoms with van der Waals surface area (Å²) < 4.78 is 0. The number of hydrogen-bond donors (Lipinski definition) is 1. The van der Waals surface area contributed by atoms with Gasteiger partial charge in [-0.25, -0.2) is 0 Å². The number of amides is 1. The van der Waals surface area contributed by atoms with Gasteiger partial charge in [-0.05, 0) is 62.7 Å². The molecule has 1 saturated heterocycles. The molecule has 2 heterocycles. The molecule has 2 aliphatic rings. The highest BCUT2D eigenvalue weighted by atomic mass is 16.2. The van der Waals surface area contributed by atoms with E-state index in [0.717, 1.165) is 50.5 Å². The lowest BCUT2D eigenvalue weighted by Gasteiger charge is -2.27. The number of carbonyl (C=O) groups is 1. The van der Waals surface area contributed by atoms with Crippen LogP contribution in [0.3, 0.4) is 0 Å². The highest BCUT2D eigenvalue weighted by Crippen LogP contribution is 2.28. The SMILES string of the molecule is O=C1CCCc2ccccc2N1CCC1CCNCC1. The molecule has 0 radical (unpaired) electrons. The van der Waals surface area contributed by atoms with Crippen molar-refractivity contribution in [3.63, 3.8) is 0 Å². The number of fused-ring (bicyclic) bond motifs is 1. The van der Waals surface area contributed by atoms with Gasteiger partial charge in [-0.3, -0.25) is 4.79 Å². The molecule has 3 heteroatoms. The van der Waals surface area contributed by atoms with Gasteiger partial charge >= 0.3 is 0 Å². The van der Waals surface area contributed by atoms with E-state index >= 15 is 0 Å². The summed E-state index contributed by atoms with van der Waals surface area (Å²) in [6, 6.07) is 8.42. The molecule has 0 spiro atoms. The number of nitrogens with one attached hydrogen (secondary N) is 1. The quantitative estimate of drug-likeness (QED) is 0.917. The van der Waals surface area contributed by atoms with Gasteiger partial charge in [-0.1, -0.05) is 18.2 Å². The minimum atomic E-state index is 0.309. The fourth-order valence-electron chi connectivity index (χ4n) is 3.41. The van der Waals surface area contributed by atoms with Crippen molar-refractivity contribution in [2.45, 2.75) is 38.5 Å². The maximum atomic E-state index is 12.4. The Balaban J connectivity index is 1.71. The zero-order chi connectivity index (χ0) is 13.8. The van der Waals surface area contributed by atoms with Gasteiger partial charge in [-0.15, -0.1) is 0 Å². The number of piperidine rings is 1. The Morgan fingerprint density at radius 3 is 2.80 bits per heavy atom. The number of anilines is 1. The largest absolute Gasteiger partial charge is 0.317 e. The zero-order valence-corrected chi connectivity index (χ0v) is 12.1. The van der Waals surface area contributed by atoms with Crippen LogP contribution in [0.15, 0.2) is 24.3 Å². The average Bonchev–Trinajstić information content (AvgIpc) is 2.65. The smallest absolute Gasteiger partial charge is 0.226 e. The summed E-state index contributed by atoms with van der Waals surface area (Å²) in [6.45, 7) is 3.16. The monoisotopic (exact) mass is 272 g/mol. The molecular formula is C17H24N2O. The molecule has 0 saturated carbocycles. The molecule has 2 aliphatic heterocycles. The van der Waals surface area contributed by atoms with Crippen molar-refractivity contribution in [1.82, 2.24) is 5.32 Å². The van der Waals surface area contributed by atoms with E-state index in [9.17, 15) is 4.79 Å². The van der Waals surface area contributed by atoms with Crippen LogP contribution < -0.4 is 10.2 Å². The van der Waals surface area contributed by atoms with Crippen LogP contribution in [-0.2, 0) is 11.2 Å². The maximum Gasteiger partial charge on any atom is 0.226 e. The van der Waals surface area contributed by atoms with Crippen LogP contribution in [0.1, 0.15) is 37.7 Å². The summed E-state index contributed by atoms with van der Waals surface area (Å²) in [7, 11) is 0. The lowest BCUT2D eigenvalue weighted by Crippen LogP contribution is -2.34. The molecule has 0 aliphatic carbocycles. The third kappa shape index (κ3) is 3.04. The van der Waals surface area contributed by atoms with Crippen LogP contribution in [0, 0.1) is 5.92 Å². The first-order valence-electron chi connectivity index (χ1n) is 7.93. The number of carbonyl (C=O) groups excluding carboxylic acids is 1. The van der Waals surface area contributed by atoms with Crippen LogP contribution in [-0.4, -0.2) is 25.5 Å². The van der Waals surface area contributed by atoms with E-state index in [-0.39, 0.29) is 0 Å². The molecule has 20 heavy (non-hydrogen) atoms. The maximum absolute atomic E-state index is 12.4. The van der Waals surface area contributed by atoms with E-state index in [2.05, 4.69) is 29.6 Å². The molecule has 0 atom stereocenters. The normalized spacial score (nSPS) is 20.6. The van der Waals surface area contributed by atoms with Crippen molar-refractivity contribution >= 4 is 11.6 Å². The number of hydrogen-bond acceptors (Lipinski definition) is 2. The van der Waals surface area contributed by atoms with Gasteiger partial charge in [0.05, 0.1) is 0 Å². The van der Waals surface area contributed by atoms with Gasteiger partial charge in [0.2, 0.25) is 5.91 Å². The fourth-order valence-corrected chi connectivity index (χ4v) is 3.41. The van der Waals surface area contributed by atoms with Crippen molar-refractivity contribution < 1.29 is 4.79 Å². The average molecular weight is 272 g/mol. The molecule has 0 unspecified atom stereocenters. The number of rotatable bonds is 3. The van der Waals surface area contributed by atoms with Gasteiger partial charge in [-0.2, -0.15) is 0 Å². The second-order valence-corrected chi connectivity index (χ2v) is 6.01. The second-order valence-electron chi connectivity index (χ2n) is 6.01. The van der Waals surface area contributed by atoms with E-state index in [1.165, 1.54) is 18.4 Å². The Kier molecular flexibility index (Phi) is 4.36. The van der Waals surface area contributed by atoms with Crippen LogP contribution in [0.2, 0.25) is 0 Å². The summed E-state index contributed by atoms with van der Waals surface area (Å²) >= 11 is 0. The number of para-hydroxylation sites is 1. The Morgan fingerprint density at radius 2 is 1.95 bits per heavy atom. The standard InChI is InChI=1S/C17H24N2O/c20-17-7-3-5-15-4-1-2-6-16(15)19(17)13-10-14-8-11-18-12-9-14/h1-2,4,6,14,18H,3,5,7-13H2. The van der Waals surface area contributed by atoms with E-state index in [0.29, 0.717) is 12.3 Å². The molecular weight excluding hydrogens is 248 g/mol. The zero-order valence-electron chi connectivity index (χ0n) is 12.1. The summed E-state index contributed by atoms with van der Waals surface area (Å²) in [5, 5.41) is 3.41. The highest BCUT2D eigenvalue weighted by Gasteiger charge is 2.23. The Morgan fingerprint density at radius 1 is 1.15 bits per heavy atom. The van der Waals surface area contributed by atoms with Crippen molar-refractivity contribution in [3.8, 4) is 0 Å². The molecule has 3 nitrogen and oxygen atoms in total. The topological polar surface area (TPSA) is 32.3 Å². The minimum absolute atomic E-state index is 0.309. The van der Waals surface area contributed by atoms with Gasteiger partial charge in [0.15, 0.2) is 0 Å². The fraction of sp³-hybridized carbons (Fsp3) is 0.588. The van der Waals surface area contributed by atoms with E-state index in [4.69, 9.17) is 0 Å². The number of nitrogens with zero attached hydrogens (tertiary/aromatic N) is 1. The van der Waals surface area contributed by atoms with Gasteiger partial charge in [0.25, 0.3) is 0 Å². The second kappa shape index (κ2) is 6.40. The summed E-state index contributed by atoms with van der Waals surface area (Å²) in [5.74, 6) is 1.09.